The minimum absolute atomic E-state index is 0.108. The second kappa shape index (κ2) is 6.20. The Morgan fingerprint density at radius 1 is 1.12 bits per heavy atom. The van der Waals surface area contributed by atoms with Gasteiger partial charge in [0, 0.05) is 18.0 Å². The van der Waals surface area contributed by atoms with Gasteiger partial charge >= 0.3 is 5.97 Å². The van der Waals surface area contributed by atoms with Crippen molar-refractivity contribution in [3.05, 3.63) is 66.2 Å². The van der Waals surface area contributed by atoms with Crippen LogP contribution in [0, 0.1) is 0 Å². The van der Waals surface area contributed by atoms with Crippen LogP contribution in [-0.2, 0) is 18.4 Å². The molecule has 0 bridgehead atoms. The summed E-state index contributed by atoms with van der Waals surface area (Å²) < 4.78 is 12.1. The molecule has 25 heavy (non-hydrogen) atoms. The van der Waals surface area contributed by atoms with Gasteiger partial charge in [0.25, 0.3) is 5.89 Å². The number of hydrogen-bond donors (Lipinski definition) is 0. The summed E-state index contributed by atoms with van der Waals surface area (Å²) in [6, 6.07) is 16.9. The Kier molecular flexibility index (Phi) is 3.74. The maximum atomic E-state index is 12.3. The monoisotopic (exact) mass is 334 g/mol. The predicted molar refractivity (Wildman–Crippen MR) is 89.6 cm³/mol. The van der Waals surface area contributed by atoms with Gasteiger partial charge in [0.2, 0.25) is 5.82 Å². The first-order valence-electron chi connectivity index (χ1n) is 7.69. The van der Waals surface area contributed by atoms with Gasteiger partial charge in [0.05, 0.1) is 5.52 Å². The summed E-state index contributed by atoms with van der Waals surface area (Å²) in [5, 5.41) is 8.87. The van der Waals surface area contributed by atoms with Crippen LogP contribution in [0.25, 0.3) is 22.3 Å². The van der Waals surface area contributed by atoms with E-state index in [1.807, 2.05) is 54.6 Å². The van der Waals surface area contributed by atoms with Crippen LogP contribution >= 0.6 is 0 Å². The maximum absolute atomic E-state index is 12.3. The Bertz CT molecular complexity index is 1040. The van der Waals surface area contributed by atoms with Crippen molar-refractivity contribution in [2.45, 2.75) is 6.61 Å². The van der Waals surface area contributed by atoms with Crippen LogP contribution in [0.4, 0.5) is 0 Å². The fourth-order valence-electron chi connectivity index (χ4n) is 2.58. The first-order valence-corrected chi connectivity index (χ1v) is 7.69. The summed E-state index contributed by atoms with van der Waals surface area (Å²) in [7, 11) is 1.78. The number of carbonyl (C=O) groups is 1. The lowest BCUT2D eigenvalue weighted by Gasteiger charge is -1.99. The summed E-state index contributed by atoms with van der Waals surface area (Å²) in [5.74, 6) is 0.152. The third kappa shape index (κ3) is 2.87. The lowest BCUT2D eigenvalue weighted by Crippen LogP contribution is -2.07. The number of fused-ring (bicyclic) bond motifs is 1. The minimum atomic E-state index is -0.531. The molecule has 2 aromatic carbocycles. The summed E-state index contributed by atoms with van der Waals surface area (Å²) in [6.45, 7) is -0.108. The van der Waals surface area contributed by atoms with Gasteiger partial charge in [-0.15, -0.1) is 0 Å². The van der Waals surface area contributed by atoms with Crippen LogP contribution in [0.2, 0.25) is 0 Å². The van der Waals surface area contributed by atoms with Gasteiger partial charge in [-0.3, -0.25) is 4.68 Å². The lowest BCUT2D eigenvalue weighted by atomic mass is 10.2. The summed E-state index contributed by atoms with van der Waals surface area (Å²) in [5.41, 5.74) is 1.96. The van der Waals surface area contributed by atoms with Gasteiger partial charge in [0.15, 0.2) is 12.3 Å². The number of rotatable bonds is 4. The van der Waals surface area contributed by atoms with Crippen LogP contribution in [0.1, 0.15) is 16.4 Å². The largest absolute Gasteiger partial charge is 0.451 e. The molecule has 4 rings (SSSR count). The summed E-state index contributed by atoms with van der Waals surface area (Å²) in [6.07, 6.45) is 0. The fraction of sp³-hybridized carbons (Fsp3) is 0.111. The molecule has 0 radical (unpaired) electrons. The molecule has 0 fully saturated rings. The SMILES string of the molecule is Cn1nc(C(=O)OCc2nc(-c3ccccc3)no2)c2ccccc21. The van der Waals surface area contributed by atoms with E-state index in [4.69, 9.17) is 9.26 Å². The molecule has 0 aliphatic rings. The van der Waals surface area contributed by atoms with Crippen molar-refractivity contribution in [3.8, 4) is 11.4 Å². The number of carbonyl (C=O) groups excluding carboxylic acids is 1. The second-order valence-electron chi connectivity index (χ2n) is 5.44. The number of aromatic nitrogens is 4. The molecule has 7 heteroatoms. The summed E-state index contributed by atoms with van der Waals surface area (Å²) >= 11 is 0. The van der Waals surface area contributed by atoms with E-state index in [-0.39, 0.29) is 18.2 Å². The van der Waals surface area contributed by atoms with Crippen molar-refractivity contribution in [1.29, 1.82) is 0 Å². The third-order valence-corrected chi connectivity index (χ3v) is 3.78. The Labute approximate surface area is 142 Å². The van der Waals surface area contributed by atoms with Crippen LogP contribution in [0.15, 0.2) is 59.1 Å². The molecule has 4 aromatic rings. The van der Waals surface area contributed by atoms with Crippen molar-refractivity contribution >= 4 is 16.9 Å². The number of para-hydroxylation sites is 1. The lowest BCUT2D eigenvalue weighted by molar-refractivity contribution is 0.0424. The van der Waals surface area contributed by atoms with Gasteiger partial charge in [-0.25, -0.2) is 4.79 Å². The van der Waals surface area contributed by atoms with Crippen molar-refractivity contribution in [1.82, 2.24) is 19.9 Å². The predicted octanol–water partition coefficient (Wildman–Crippen LogP) is 2.98. The highest BCUT2D eigenvalue weighted by Crippen LogP contribution is 2.19. The van der Waals surface area contributed by atoms with Crippen molar-refractivity contribution in [3.63, 3.8) is 0 Å². The minimum Gasteiger partial charge on any atom is -0.451 e. The van der Waals surface area contributed by atoms with E-state index in [0.717, 1.165) is 16.5 Å². The molecular formula is C18H14N4O3. The molecule has 2 aromatic heterocycles. The number of hydrogen-bond acceptors (Lipinski definition) is 6. The van der Waals surface area contributed by atoms with E-state index < -0.39 is 5.97 Å². The van der Waals surface area contributed by atoms with E-state index >= 15 is 0 Å². The average Bonchev–Trinajstić information content (AvgIpc) is 3.26. The Balaban J connectivity index is 1.50. The smallest absolute Gasteiger partial charge is 0.360 e. The molecule has 0 amide bonds. The highest BCUT2D eigenvalue weighted by atomic mass is 16.6. The molecule has 0 unspecified atom stereocenters. The van der Waals surface area contributed by atoms with Crippen LogP contribution in [0.5, 0.6) is 0 Å². The van der Waals surface area contributed by atoms with Gasteiger partial charge in [-0.05, 0) is 6.07 Å². The topological polar surface area (TPSA) is 83.0 Å². The van der Waals surface area contributed by atoms with E-state index in [1.165, 1.54) is 0 Å². The molecule has 0 atom stereocenters. The Morgan fingerprint density at radius 3 is 2.72 bits per heavy atom. The second-order valence-corrected chi connectivity index (χ2v) is 5.44. The molecule has 0 N–H and O–H groups in total. The molecule has 2 heterocycles. The Morgan fingerprint density at radius 2 is 1.88 bits per heavy atom. The Hall–Kier alpha value is -3.48. The molecule has 124 valence electrons. The van der Waals surface area contributed by atoms with Gasteiger partial charge < -0.3 is 9.26 Å². The number of benzene rings is 2. The van der Waals surface area contributed by atoms with Crippen LogP contribution in [0.3, 0.4) is 0 Å². The van der Waals surface area contributed by atoms with Crippen molar-refractivity contribution in [2.24, 2.45) is 7.05 Å². The first kappa shape index (κ1) is 15.1. The quantitative estimate of drug-likeness (QED) is 0.534. The van der Waals surface area contributed by atoms with Gasteiger partial charge in [-0.2, -0.15) is 10.1 Å². The zero-order chi connectivity index (χ0) is 17.2. The molecular weight excluding hydrogens is 320 g/mol. The maximum Gasteiger partial charge on any atom is 0.360 e. The number of esters is 1. The fourth-order valence-corrected chi connectivity index (χ4v) is 2.58. The van der Waals surface area contributed by atoms with E-state index in [1.54, 1.807) is 11.7 Å². The molecule has 0 saturated heterocycles. The van der Waals surface area contributed by atoms with Crippen LogP contribution < -0.4 is 0 Å². The zero-order valence-electron chi connectivity index (χ0n) is 13.4. The first-order chi connectivity index (χ1) is 12.2. The standard InChI is InChI=1S/C18H14N4O3/c1-22-14-10-6-5-9-13(14)16(20-22)18(23)24-11-15-19-17(21-25-15)12-7-3-2-4-8-12/h2-10H,11H2,1H3. The number of ether oxygens (including phenoxy) is 1. The van der Waals surface area contributed by atoms with Crippen molar-refractivity contribution in [2.75, 3.05) is 0 Å². The molecule has 0 aliphatic heterocycles. The van der Waals surface area contributed by atoms with Gasteiger partial charge in [0.1, 0.15) is 0 Å². The van der Waals surface area contributed by atoms with E-state index in [2.05, 4.69) is 15.2 Å². The van der Waals surface area contributed by atoms with E-state index in [0.29, 0.717) is 5.82 Å². The van der Waals surface area contributed by atoms with Crippen LogP contribution in [-0.4, -0.2) is 25.9 Å². The van der Waals surface area contributed by atoms with Gasteiger partial charge in [-0.1, -0.05) is 53.7 Å². The average molecular weight is 334 g/mol. The third-order valence-electron chi connectivity index (χ3n) is 3.78. The molecule has 7 nitrogen and oxygen atoms in total. The highest BCUT2D eigenvalue weighted by Gasteiger charge is 2.18. The number of nitrogens with zero attached hydrogens (tertiary/aromatic N) is 4. The molecule has 0 aliphatic carbocycles. The van der Waals surface area contributed by atoms with E-state index in [9.17, 15) is 4.79 Å². The zero-order valence-corrected chi connectivity index (χ0v) is 13.4. The molecule has 0 spiro atoms. The summed E-state index contributed by atoms with van der Waals surface area (Å²) in [4.78, 5) is 16.6. The number of aryl methyl sites for hydroxylation is 1. The highest BCUT2D eigenvalue weighted by molar-refractivity contribution is 6.02. The molecule has 0 saturated carbocycles. The van der Waals surface area contributed by atoms with Crippen molar-refractivity contribution < 1.29 is 14.1 Å². The normalized spacial score (nSPS) is 10.9.